The number of rotatable bonds is 17. The van der Waals surface area contributed by atoms with Crippen LogP contribution in [-0.2, 0) is 30.2 Å². The molecule has 2 aromatic heterocycles. The summed E-state index contributed by atoms with van der Waals surface area (Å²) in [5, 5.41) is 15.3. The van der Waals surface area contributed by atoms with Crippen molar-refractivity contribution >= 4 is 36.4 Å². The maximum atomic E-state index is 14.2. The Balaban J connectivity index is 2.18. The largest absolute Gasteiger partial charge is 0.481 e. The molecule has 0 aromatic carbocycles. The summed E-state index contributed by atoms with van der Waals surface area (Å²) in [6, 6.07) is -0.626. The van der Waals surface area contributed by atoms with Gasteiger partial charge in [0.2, 0.25) is 7.44 Å². The van der Waals surface area contributed by atoms with Crippen LogP contribution in [0.4, 0.5) is 5.82 Å². The van der Waals surface area contributed by atoms with Gasteiger partial charge < -0.3 is 24.9 Å². The quantitative estimate of drug-likeness (QED) is 0.127. The molecule has 0 aliphatic rings. The average Bonchev–Trinajstić information content (AvgIpc) is 3.23. The minimum absolute atomic E-state index is 0.148. The zero-order valence-electron chi connectivity index (χ0n) is 23.1. The molecule has 2 heterocycles. The maximum absolute atomic E-state index is 14.2. The van der Waals surface area contributed by atoms with E-state index in [0.717, 1.165) is 19.3 Å². The Morgan fingerprint density at radius 1 is 1.21 bits per heavy atom. The van der Waals surface area contributed by atoms with Crippen LogP contribution in [0.3, 0.4) is 0 Å². The van der Waals surface area contributed by atoms with E-state index in [-0.39, 0.29) is 31.1 Å². The van der Waals surface area contributed by atoms with E-state index in [1.807, 2.05) is 13.8 Å². The molecule has 0 radical (unpaired) electrons. The molecule has 0 saturated heterocycles. The Kier molecular flexibility index (Phi) is 11.6. The SMILES string of the molecule is CCCCCOC(=O)C(C)(C)NP(=O)(COC(C)Cn1cnc2c(N)ncnc21)N[C@@H](CC(=O)O)C(C)C. The number of hydrogen-bond donors (Lipinski definition) is 4. The highest BCUT2D eigenvalue weighted by atomic mass is 31.2. The number of unbranched alkanes of at least 4 members (excludes halogenated alkanes) is 2. The van der Waals surface area contributed by atoms with Crippen molar-refractivity contribution in [3.8, 4) is 0 Å². The number of carboxylic acid groups (broad SMARTS) is 1. The number of imidazole rings is 1. The molecule has 2 aromatic rings. The van der Waals surface area contributed by atoms with Gasteiger partial charge >= 0.3 is 11.9 Å². The number of nitrogen functional groups attached to an aromatic ring is 1. The second-order valence-electron chi connectivity index (χ2n) is 10.3. The molecule has 0 amide bonds. The van der Waals surface area contributed by atoms with Crippen LogP contribution in [-0.4, -0.2) is 67.2 Å². The summed E-state index contributed by atoms with van der Waals surface area (Å²) >= 11 is 0. The Morgan fingerprint density at radius 3 is 2.55 bits per heavy atom. The molecule has 3 atom stereocenters. The summed E-state index contributed by atoms with van der Waals surface area (Å²) in [6.45, 7) is 11.3. The molecule has 2 rings (SSSR count). The van der Waals surface area contributed by atoms with Crippen LogP contribution in [0.2, 0.25) is 0 Å². The molecular formula is C24H42N7O6P. The summed E-state index contributed by atoms with van der Waals surface area (Å²) in [5.41, 5.74) is 5.56. The number of hydrogen-bond acceptors (Lipinski definition) is 9. The van der Waals surface area contributed by atoms with E-state index in [2.05, 4.69) is 32.1 Å². The summed E-state index contributed by atoms with van der Waals surface area (Å²) in [4.78, 5) is 36.7. The van der Waals surface area contributed by atoms with E-state index in [0.29, 0.717) is 17.7 Å². The van der Waals surface area contributed by atoms with Gasteiger partial charge in [-0.05, 0) is 33.1 Å². The Labute approximate surface area is 223 Å². The Bertz CT molecular complexity index is 1120. The van der Waals surface area contributed by atoms with Crippen LogP contribution in [0.25, 0.3) is 11.2 Å². The molecule has 13 nitrogen and oxygen atoms in total. The molecule has 0 aliphatic carbocycles. The second kappa shape index (κ2) is 14.0. The van der Waals surface area contributed by atoms with Crippen molar-refractivity contribution in [2.45, 2.75) is 91.5 Å². The lowest BCUT2D eigenvalue weighted by molar-refractivity contribution is -0.149. The topological polar surface area (TPSA) is 184 Å². The predicted molar refractivity (Wildman–Crippen MR) is 144 cm³/mol. The third kappa shape index (κ3) is 9.30. The molecule has 5 N–H and O–H groups in total. The molecule has 14 heteroatoms. The number of fused-ring (bicyclic) bond motifs is 1. The van der Waals surface area contributed by atoms with Gasteiger partial charge in [0.1, 0.15) is 23.7 Å². The lowest BCUT2D eigenvalue weighted by atomic mass is 10.0. The van der Waals surface area contributed by atoms with Crippen molar-refractivity contribution < 1.29 is 28.7 Å². The van der Waals surface area contributed by atoms with Crippen LogP contribution >= 0.6 is 7.44 Å². The normalized spacial score (nSPS) is 15.3. The van der Waals surface area contributed by atoms with Crippen LogP contribution in [0.1, 0.15) is 67.2 Å². The van der Waals surface area contributed by atoms with Gasteiger partial charge in [0.05, 0.1) is 32.0 Å². The van der Waals surface area contributed by atoms with Crippen molar-refractivity contribution in [2.24, 2.45) is 5.92 Å². The number of anilines is 1. The predicted octanol–water partition coefficient (Wildman–Crippen LogP) is 3.15. The zero-order chi connectivity index (χ0) is 28.5. The van der Waals surface area contributed by atoms with Gasteiger partial charge in [0.15, 0.2) is 11.5 Å². The summed E-state index contributed by atoms with van der Waals surface area (Å²) in [6.07, 6.45) is 4.60. The molecule has 2 unspecified atom stereocenters. The number of aliphatic carboxylic acids is 1. The van der Waals surface area contributed by atoms with E-state index in [4.69, 9.17) is 15.2 Å². The summed E-state index contributed by atoms with van der Waals surface area (Å²) in [7, 11) is -3.66. The lowest BCUT2D eigenvalue weighted by Crippen LogP contribution is -2.50. The first-order chi connectivity index (χ1) is 17.8. The number of carbonyl (C=O) groups excluding carboxylic acids is 1. The van der Waals surface area contributed by atoms with Crippen molar-refractivity contribution in [3.05, 3.63) is 12.7 Å². The van der Waals surface area contributed by atoms with Crippen molar-refractivity contribution in [1.29, 1.82) is 0 Å². The third-order valence-corrected chi connectivity index (χ3v) is 8.13. The van der Waals surface area contributed by atoms with Gasteiger partial charge in [-0.3, -0.25) is 14.2 Å². The number of nitrogens with two attached hydrogens (primary N) is 1. The zero-order valence-corrected chi connectivity index (χ0v) is 24.0. The number of carboxylic acids is 1. The number of aromatic nitrogens is 4. The fourth-order valence-corrected chi connectivity index (χ4v) is 6.36. The molecule has 0 spiro atoms. The minimum atomic E-state index is -3.66. The highest BCUT2D eigenvalue weighted by Crippen LogP contribution is 2.41. The van der Waals surface area contributed by atoms with Gasteiger partial charge in [-0.1, -0.05) is 33.6 Å². The molecule has 0 saturated carbocycles. The third-order valence-electron chi connectivity index (χ3n) is 5.95. The number of nitrogens with zero attached hydrogens (tertiary/aromatic N) is 4. The van der Waals surface area contributed by atoms with Crippen molar-refractivity contribution in [3.63, 3.8) is 0 Å². The first-order valence-electron chi connectivity index (χ1n) is 12.9. The van der Waals surface area contributed by atoms with Crippen molar-refractivity contribution in [2.75, 3.05) is 18.7 Å². The fourth-order valence-electron chi connectivity index (χ4n) is 3.78. The summed E-state index contributed by atoms with van der Waals surface area (Å²) in [5.74, 6) is -1.46. The standard InChI is InChI=1S/C24H42N7O6P/c1-7-8-9-10-36-23(34)24(5,6)30-38(35,29-18(16(2)3)11-19(32)33)15-37-17(4)12-31-14-28-20-21(25)26-13-27-22(20)31/h13-14,16-18H,7-12,15H2,1-6H3,(H,32,33)(H2,25,26,27)(H2,29,30,35)/t17?,18-,38?/m0/s1. The van der Waals surface area contributed by atoms with E-state index in [1.54, 1.807) is 31.7 Å². The first kappa shape index (κ1) is 31.6. The van der Waals surface area contributed by atoms with Crippen LogP contribution < -0.4 is 15.9 Å². The van der Waals surface area contributed by atoms with Gasteiger partial charge in [0, 0.05) is 6.04 Å². The number of esters is 1. The molecule has 38 heavy (non-hydrogen) atoms. The van der Waals surface area contributed by atoms with Gasteiger partial charge in [-0.15, -0.1) is 0 Å². The fraction of sp³-hybridized carbons (Fsp3) is 0.708. The Hall–Kier alpha value is -2.60. The van der Waals surface area contributed by atoms with Crippen molar-refractivity contribution in [1.82, 2.24) is 29.7 Å². The second-order valence-corrected chi connectivity index (χ2v) is 12.6. The maximum Gasteiger partial charge on any atom is 0.326 e. The Morgan fingerprint density at radius 2 is 1.92 bits per heavy atom. The molecule has 0 aliphatic heterocycles. The number of nitrogens with one attached hydrogen (secondary N) is 2. The van der Waals surface area contributed by atoms with Crippen LogP contribution in [0.15, 0.2) is 12.7 Å². The minimum Gasteiger partial charge on any atom is -0.481 e. The molecule has 0 fully saturated rings. The van der Waals surface area contributed by atoms with Gasteiger partial charge in [-0.25, -0.2) is 25.1 Å². The van der Waals surface area contributed by atoms with E-state index in [9.17, 15) is 19.3 Å². The monoisotopic (exact) mass is 555 g/mol. The molecule has 214 valence electrons. The van der Waals surface area contributed by atoms with E-state index >= 15 is 0 Å². The number of ether oxygens (including phenoxy) is 2. The lowest BCUT2D eigenvalue weighted by Gasteiger charge is -2.34. The van der Waals surface area contributed by atoms with Gasteiger partial charge in [-0.2, -0.15) is 0 Å². The summed E-state index contributed by atoms with van der Waals surface area (Å²) < 4.78 is 27.3. The number of carbonyl (C=O) groups is 2. The van der Waals surface area contributed by atoms with E-state index < -0.39 is 37.1 Å². The smallest absolute Gasteiger partial charge is 0.326 e. The van der Waals surface area contributed by atoms with E-state index in [1.165, 1.54) is 6.33 Å². The van der Waals surface area contributed by atoms with Gasteiger partial charge in [0.25, 0.3) is 0 Å². The van der Waals surface area contributed by atoms with Crippen LogP contribution in [0, 0.1) is 5.92 Å². The highest BCUT2D eigenvalue weighted by Gasteiger charge is 2.39. The highest BCUT2D eigenvalue weighted by molar-refractivity contribution is 7.59. The first-order valence-corrected chi connectivity index (χ1v) is 14.8. The molecular weight excluding hydrogens is 513 g/mol. The van der Waals surface area contributed by atoms with Crippen LogP contribution in [0.5, 0.6) is 0 Å². The molecule has 0 bridgehead atoms. The average molecular weight is 556 g/mol.